The van der Waals surface area contributed by atoms with Gasteiger partial charge < -0.3 is 24.5 Å². The molecule has 1 amide bonds. The predicted octanol–water partition coefficient (Wildman–Crippen LogP) is 3.86. The molecular weight excluding hydrogens is 426 g/mol. The van der Waals surface area contributed by atoms with Crippen LogP contribution in [0.3, 0.4) is 0 Å². The van der Waals surface area contributed by atoms with Gasteiger partial charge >= 0.3 is 18.6 Å². The maximum atomic E-state index is 12.4. The van der Waals surface area contributed by atoms with Crippen LogP contribution in [0.2, 0.25) is 5.02 Å². The number of alkyl halides is 2. The number of anilines is 1. The lowest BCUT2D eigenvalue weighted by Crippen LogP contribution is -2.21. The smallest absolute Gasteiger partial charge is 0.387 e. The van der Waals surface area contributed by atoms with Crippen molar-refractivity contribution in [2.24, 2.45) is 0 Å². The number of carbonyl (C=O) groups is 3. The summed E-state index contributed by atoms with van der Waals surface area (Å²) in [4.78, 5) is 39.1. The summed E-state index contributed by atoms with van der Waals surface area (Å²) in [5, 5.41) is 2.28. The second kappa shape index (κ2) is 10.1. The van der Waals surface area contributed by atoms with Gasteiger partial charge in [0.2, 0.25) is 0 Å². The highest BCUT2D eigenvalue weighted by Crippen LogP contribution is 2.29. The summed E-state index contributed by atoms with van der Waals surface area (Å²) in [7, 11) is 0. The summed E-state index contributed by atoms with van der Waals surface area (Å²) in [6, 6.07) is 3.68. The lowest BCUT2D eigenvalue weighted by atomic mass is 10.1. The Balaban J connectivity index is 1.99. The maximum absolute atomic E-state index is 12.4. The van der Waals surface area contributed by atoms with Gasteiger partial charge in [0.1, 0.15) is 11.4 Å². The van der Waals surface area contributed by atoms with E-state index in [-0.39, 0.29) is 34.3 Å². The zero-order valence-electron chi connectivity index (χ0n) is 16.3. The first kappa shape index (κ1) is 23.1. The van der Waals surface area contributed by atoms with E-state index in [0.29, 0.717) is 11.3 Å². The van der Waals surface area contributed by atoms with E-state index < -0.39 is 31.1 Å². The summed E-state index contributed by atoms with van der Waals surface area (Å²) in [6.45, 7) is 1.31. The number of esters is 2. The molecule has 0 aliphatic rings. The number of carbonyl (C=O) groups excluding carboxylic acids is 3. The zero-order valence-corrected chi connectivity index (χ0v) is 17.1. The number of nitrogens with one attached hydrogen (secondary N) is 2. The first-order chi connectivity index (χ1) is 14.1. The van der Waals surface area contributed by atoms with Gasteiger partial charge in [0.25, 0.3) is 5.91 Å². The highest BCUT2D eigenvalue weighted by Gasteiger charge is 2.24. The number of hydrogen-bond donors (Lipinski definition) is 2. The molecule has 0 unspecified atom stereocenters. The van der Waals surface area contributed by atoms with Crippen LogP contribution in [0.4, 0.5) is 14.5 Å². The van der Waals surface area contributed by atoms with Crippen LogP contribution in [0.5, 0.6) is 5.75 Å². The number of halogens is 3. The van der Waals surface area contributed by atoms with Gasteiger partial charge in [-0.25, -0.2) is 9.59 Å². The minimum absolute atomic E-state index is 0.127. The van der Waals surface area contributed by atoms with E-state index in [2.05, 4.69) is 15.0 Å². The number of hydrogen-bond acceptors (Lipinski definition) is 6. The van der Waals surface area contributed by atoms with Gasteiger partial charge in [-0.3, -0.25) is 4.79 Å². The molecule has 2 rings (SSSR count). The fourth-order valence-corrected chi connectivity index (χ4v) is 2.86. The van der Waals surface area contributed by atoms with Crippen molar-refractivity contribution in [3.05, 3.63) is 45.7 Å². The third-order valence-electron chi connectivity index (χ3n) is 3.89. The van der Waals surface area contributed by atoms with Crippen LogP contribution in [0.25, 0.3) is 0 Å². The molecule has 30 heavy (non-hydrogen) atoms. The number of aryl methyl sites for hydroxylation is 1. The molecule has 0 radical (unpaired) electrons. The van der Waals surface area contributed by atoms with Gasteiger partial charge in [0, 0.05) is 11.4 Å². The van der Waals surface area contributed by atoms with E-state index >= 15 is 0 Å². The van der Waals surface area contributed by atoms with Crippen LogP contribution < -0.4 is 10.1 Å². The molecule has 8 nitrogen and oxygen atoms in total. The summed E-state index contributed by atoms with van der Waals surface area (Å²) < 4.78 is 38.6. The van der Waals surface area contributed by atoms with Crippen LogP contribution in [0, 0.1) is 13.8 Å². The number of aromatic nitrogens is 1. The molecule has 0 fully saturated rings. The second-order valence-electron chi connectivity index (χ2n) is 5.99. The minimum Gasteiger partial charge on any atom is -0.461 e. The Morgan fingerprint density at radius 3 is 2.47 bits per heavy atom. The van der Waals surface area contributed by atoms with Crippen molar-refractivity contribution in [2.45, 2.75) is 27.4 Å². The second-order valence-corrected chi connectivity index (χ2v) is 6.40. The van der Waals surface area contributed by atoms with Gasteiger partial charge in [-0.15, -0.1) is 0 Å². The molecule has 1 heterocycles. The van der Waals surface area contributed by atoms with Crippen LogP contribution in [0.15, 0.2) is 18.2 Å². The Kier molecular flexibility index (Phi) is 7.76. The third-order valence-corrected chi connectivity index (χ3v) is 4.18. The van der Waals surface area contributed by atoms with Crippen molar-refractivity contribution in [3.63, 3.8) is 0 Å². The van der Waals surface area contributed by atoms with Crippen molar-refractivity contribution in [1.82, 2.24) is 4.98 Å². The fourth-order valence-electron chi connectivity index (χ4n) is 2.63. The summed E-state index contributed by atoms with van der Waals surface area (Å²) >= 11 is 5.81. The molecule has 2 N–H and O–H groups in total. The predicted molar refractivity (Wildman–Crippen MR) is 103 cm³/mol. The monoisotopic (exact) mass is 444 g/mol. The summed E-state index contributed by atoms with van der Waals surface area (Å²) in [5.74, 6) is -2.33. The average Bonchev–Trinajstić information content (AvgIpc) is 2.96. The van der Waals surface area contributed by atoms with E-state index in [1.807, 2.05) is 0 Å². The quantitative estimate of drug-likeness (QED) is 0.599. The van der Waals surface area contributed by atoms with E-state index in [1.165, 1.54) is 18.2 Å². The standard InChI is InChI=1S/C19H19ClF2N2O6/c1-4-28-18(27)16-9(2)15(10(3)23-16)17(26)29-8-14(25)24-11-5-6-13(12(20)7-11)30-19(21)22/h5-7,19,23H,4,8H2,1-3H3,(H,24,25). The van der Waals surface area contributed by atoms with Gasteiger partial charge in [-0.2, -0.15) is 8.78 Å². The maximum Gasteiger partial charge on any atom is 0.387 e. The molecule has 0 aliphatic carbocycles. The molecule has 0 aliphatic heterocycles. The van der Waals surface area contributed by atoms with E-state index in [4.69, 9.17) is 21.1 Å². The minimum atomic E-state index is -3.04. The number of rotatable bonds is 8. The Labute approximate surface area is 175 Å². The molecule has 1 aromatic heterocycles. The van der Waals surface area contributed by atoms with Crippen molar-refractivity contribution in [2.75, 3.05) is 18.5 Å². The summed E-state index contributed by atoms with van der Waals surface area (Å²) in [6.07, 6.45) is 0. The SMILES string of the molecule is CCOC(=O)c1[nH]c(C)c(C(=O)OCC(=O)Nc2ccc(OC(F)F)c(Cl)c2)c1C. The molecule has 0 spiro atoms. The lowest BCUT2D eigenvalue weighted by molar-refractivity contribution is -0.119. The van der Waals surface area contributed by atoms with Crippen molar-refractivity contribution in [1.29, 1.82) is 0 Å². The van der Waals surface area contributed by atoms with Gasteiger partial charge in [-0.1, -0.05) is 11.6 Å². The normalized spacial score (nSPS) is 10.6. The molecule has 1 aromatic carbocycles. The van der Waals surface area contributed by atoms with E-state index in [0.717, 1.165) is 0 Å². The molecular formula is C19H19ClF2N2O6. The Bertz CT molecular complexity index is 961. The molecule has 0 bridgehead atoms. The van der Waals surface area contributed by atoms with E-state index in [9.17, 15) is 23.2 Å². The van der Waals surface area contributed by atoms with Gasteiger partial charge in [0.05, 0.1) is 17.2 Å². The Morgan fingerprint density at radius 1 is 1.17 bits per heavy atom. The van der Waals surface area contributed by atoms with Crippen LogP contribution in [0.1, 0.15) is 39.0 Å². The molecule has 0 saturated carbocycles. The van der Waals surface area contributed by atoms with Crippen molar-refractivity contribution < 1.29 is 37.4 Å². The highest BCUT2D eigenvalue weighted by molar-refractivity contribution is 6.32. The Hall–Kier alpha value is -3.14. The lowest BCUT2D eigenvalue weighted by Gasteiger charge is -2.10. The van der Waals surface area contributed by atoms with Gasteiger partial charge in [0.15, 0.2) is 6.61 Å². The highest BCUT2D eigenvalue weighted by atomic mass is 35.5. The topological polar surface area (TPSA) is 107 Å². The number of benzene rings is 1. The number of aromatic amines is 1. The molecule has 162 valence electrons. The summed E-state index contributed by atoms with van der Waals surface area (Å²) in [5.41, 5.74) is 1.19. The Morgan fingerprint density at radius 2 is 1.87 bits per heavy atom. The number of H-pyrrole nitrogens is 1. The fraction of sp³-hybridized carbons (Fsp3) is 0.316. The van der Waals surface area contributed by atoms with Crippen LogP contribution in [-0.2, 0) is 14.3 Å². The van der Waals surface area contributed by atoms with Crippen molar-refractivity contribution >= 4 is 35.1 Å². The van der Waals surface area contributed by atoms with E-state index in [1.54, 1.807) is 20.8 Å². The van der Waals surface area contributed by atoms with Crippen molar-refractivity contribution in [3.8, 4) is 5.75 Å². The first-order valence-corrected chi connectivity index (χ1v) is 9.09. The number of amides is 1. The average molecular weight is 445 g/mol. The zero-order chi connectivity index (χ0) is 22.4. The van der Waals surface area contributed by atoms with Crippen LogP contribution >= 0.6 is 11.6 Å². The third kappa shape index (κ3) is 5.69. The molecule has 11 heteroatoms. The van der Waals surface area contributed by atoms with Gasteiger partial charge in [-0.05, 0) is 44.5 Å². The largest absolute Gasteiger partial charge is 0.461 e. The van der Waals surface area contributed by atoms with Crippen LogP contribution in [-0.4, -0.2) is 42.7 Å². The molecule has 2 aromatic rings. The molecule has 0 saturated heterocycles. The number of ether oxygens (including phenoxy) is 3. The first-order valence-electron chi connectivity index (χ1n) is 8.71. The molecule has 0 atom stereocenters.